The molecule has 1 aromatic heterocycles. The van der Waals surface area contributed by atoms with Gasteiger partial charge in [-0.1, -0.05) is 42.1 Å². The Morgan fingerprint density at radius 2 is 1.93 bits per heavy atom. The van der Waals surface area contributed by atoms with Crippen LogP contribution in [0.2, 0.25) is 0 Å². The minimum absolute atomic E-state index is 0.0574. The van der Waals surface area contributed by atoms with Gasteiger partial charge in [-0.2, -0.15) is 0 Å². The minimum Gasteiger partial charge on any atom is -0.368 e. The number of aromatic nitrogens is 4. The van der Waals surface area contributed by atoms with Crippen LogP contribution in [0.4, 0.5) is 0 Å². The molecule has 4 rings (SSSR count). The summed E-state index contributed by atoms with van der Waals surface area (Å²) in [6, 6.07) is 8.41. The highest BCUT2D eigenvalue weighted by molar-refractivity contribution is 8.14. The number of tetrazole rings is 1. The smallest absolute Gasteiger partial charge is 0.260 e. The molecule has 152 valence electrons. The zero-order valence-electron chi connectivity index (χ0n) is 15.7. The quantitative estimate of drug-likeness (QED) is 0.485. The minimum atomic E-state index is -3.93. The van der Waals surface area contributed by atoms with E-state index in [0.29, 0.717) is 5.56 Å². The summed E-state index contributed by atoms with van der Waals surface area (Å²) in [6.07, 6.45) is -1.16. The number of hydrogen-bond donors (Lipinski definition) is 0. The number of thioether (sulfide) groups is 1. The van der Waals surface area contributed by atoms with Crippen molar-refractivity contribution in [3.63, 3.8) is 0 Å². The lowest BCUT2D eigenvalue weighted by Crippen LogP contribution is -2.71. The first-order valence-electron chi connectivity index (χ1n) is 8.57. The molecular formula is C17H17N5O5S2. The van der Waals surface area contributed by atoms with Gasteiger partial charge in [0.05, 0.1) is 5.70 Å². The Morgan fingerprint density at radius 1 is 1.24 bits per heavy atom. The van der Waals surface area contributed by atoms with Crippen molar-refractivity contribution in [1.29, 1.82) is 0 Å². The predicted octanol–water partition coefficient (Wildman–Crippen LogP) is 0.397. The Balaban J connectivity index is 1.87. The number of rotatable bonds is 5. The number of ketones is 1. The van der Waals surface area contributed by atoms with Crippen LogP contribution in [0.3, 0.4) is 0 Å². The van der Waals surface area contributed by atoms with Gasteiger partial charge in [0.1, 0.15) is 4.58 Å². The van der Waals surface area contributed by atoms with Crippen molar-refractivity contribution in [2.75, 3.05) is 7.11 Å². The second-order valence-corrected chi connectivity index (χ2v) is 10.1. The van der Waals surface area contributed by atoms with Gasteiger partial charge in [0.2, 0.25) is 10.9 Å². The third kappa shape index (κ3) is 2.90. The van der Waals surface area contributed by atoms with Crippen LogP contribution in [0.25, 0.3) is 0 Å². The number of β-lactam (4-membered cyclic amide) rings is 1. The number of ether oxygens (including phenoxy) is 1. The largest absolute Gasteiger partial charge is 0.368 e. The van der Waals surface area contributed by atoms with Crippen molar-refractivity contribution >= 4 is 33.3 Å². The fraction of sp³-hybridized carbons (Fsp3) is 0.353. The summed E-state index contributed by atoms with van der Waals surface area (Å²) >= 11 is 0.918. The van der Waals surface area contributed by atoms with Crippen molar-refractivity contribution in [3.8, 4) is 0 Å². The number of carbonyl (C=O) groups excluding carboxylic acids is 2. The molecule has 0 spiro atoms. The summed E-state index contributed by atoms with van der Waals surface area (Å²) in [5.41, 5.74) is 0.672. The molecule has 2 aromatic rings. The monoisotopic (exact) mass is 435 g/mol. The molecule has 3 heterocycles. The molecule has 3 atom stereocenters. The molecule has 10 nitrogen and oxygen atoms in total. The van der Waals surface area contributed by atoms with E-state index in [1.54, 1.807) is 44.3 Å². The van der Waals surface area contributed by atoms with Gasteiger partial charge in [-0.05, 0) is 22.9 Å². The van der Waals surface area contributed by atoms with Crippen LogP contribution in [0.5, 0.6) is 0 Å². The number of amides is 1. The van der Waals surface area contributed by atoms with Crippen LogP contribution < -0.4 is 0 Å². The molecule has 12 heteroatoms. The molecule has 0 aliphatic carbocycles. The zero-order valence-corrected chi connectivity index (χ0v) is 17.3. The van der Waals surface area contributed by atoms with Crippen molar-refractivity contribution < 1.29 is 22.7 Å². The van der Waals surface area contributed by atoms with Gasteiger partial charge in [0.15, 0.2) is 21.3 Å². The van der Waals surface area contributed by atoms with E-state index in [0.717, 1.165) is 16.7 Å². The number of carbonyl (C=O) groups is 2. The fourth-order valence-electron chi connectivity index (χ4n) is 3.47. The van der Waals surface area contributed by atoms with Crippen molar-refractivity contribution in [2.24, 2.45) is 7.05 Å². The van der Waals surface area contributed by atoms with Gasteiger partial charge in [-0.25, -0.2) is 13.1 Å². The highest BCUT2D eigenvalue weighted by Crippen LogP contribution is 2.46. The van der Waals surface area contributed by atoms with E-state index in [2.05, 4.69) is 15.5 Å². The number of Topliss-reactive ketones (excluding diaryl/α,β-unsaturated/α-hetero) is 1. The SMILES string of the molecule is COC1C(=O)N2C(C(=O)c3ccccc3)=C(C)C(Sc3nnnn3C)S(=O)(=O)[C@@H]12. The number of aryl methyl sites for hydroxylation is 1. The number of methoxy groups -OCH3 is 1. The van der Waals surface area contributed by atoms with Crippen molar-refractivity contribution in [3.05, 3.63) is 47.2 Å². The molecule has 1 amide bonds. The summed E-state index contributed by atoms with van der Waals surface area (Å²) in [5, 5.41) is 10.1. The lowest BCUT2D eigenvalue weighted by Gasteiger charge is -2.50. The number of hydrogen-bond acceptors (Lipinski definition) is 9. The van der Waals surface area contributed by atoms with Gasteiger partial charge < -0.3 is 4.74 Å². The molecule has 2 aliphatic heterocycles. The van der Waals surface area contributed by atoms with Crippen molar-refractivity contribution in [2.45, 2.75) is 28.1 Å². The van der Waals surface area contributed by atoms with E-state index < -0.39 is 37.6 Å². The summed E-state index contributed by atoms with van der Waals surface area (Å²) in [4.78, 5) is 26.9. The fourth-order valence-corrected chi connectivity index (χ4v) is 7.29. The predicted molar refractivity (Wildman–Crippen MR) is 102 cm³/mol. The van der Waals surface area contributed by atoms with Crippen LogP contribution in [0, 0.1) is 0 Å². The van der Waals surface area contributed by atoms with E-state index in [-0.39, 0.29) is 16.4 Å². The highest BCUT2D eigenvalue weighted by Gasteiger charge is 2.63. The number of sulfone groups is 1. The van der Waals surface area contributed by atoms with Gasteiger partial charge in [0, 0.05) is 19.7 Å². The maximum Gasteiger partial charge on any atom is 0.260 e. The molecule has 0 saturated carbocycles. The Bertz CT molecular complexity index is 1130. The first kappa shape index (κ1) is 19.7. The lowest BCUT2D eigenvalue weighted by molar-refractivity contribution is -0.158. The lowest BCUT2D eigenvalue weighted by atomic mass is 9.99. The Labute approximate surface area is 170 Å². The molecule has 0 bridgehead atoms. The van der Waals surface area contributed by atoms with Crippen LogP contribution in [0.15, 0.2) is 46.8 Å². The van der Waals surface area contributed by atoms with E-state index in [9.17, 15) is 18.0 Å². The first-order valence-corrected chi connectivity index (χ1v) is 11.1. The summed E-state index contributed by atoms with van der Waals surface area (Å²) < 4.78 is 32.0. The second-order valence-electron chi connectivity index (χ2n) is 6.61. The Kier molecular flexibility index (Phi) is 4.79. The first-order chi connectivity index (χ1) is 13.8. The zero-order chi connectivity index (χ0) is 20.9. The molecular weight excluding hydrogens is 418 g/mol. The number of nitrogens with zero attached hydrogens (tertiary/aromatic N) is 5. The van der Waals surface area contributed by atoms with Crippen LogP contribution in [-0.2, 0) is 26.4 Å². The topological polar surface area (TPSA) is 124 Å². The summed E-state index contributed by atoms with van der Waals surface area (Å²) in [5.74, 6) is -0.976. The highest BCUT2D eigenvalue weighted by atomic mass is 32.3. The molecule has 2 aliphatic rings. The second kappa shape index (κ2) is 7.04. The normalized spacial score (nSPS) is 25.6. The van der Waals surface area contributed by atoms with E-state index in [1.165, 1.54) is 11.8 Å². The average molecular weight is 435 g/mol. The van der Waals surface area contributed by atoms with Crippen LogP contribution >= 0.6 is 11.8 Å². The molecule has 29 heavy (non-hydrogen) atoms. The average Bonchev–Trinajstić information content (AvgIpc) is 3.11. The van der Waals surface area contributed by atoms with Gasteiger partial charge in [-0.3, -0.25) is 14.5 Å². The van der Waals surface area contributed by atoms with Gasteiger partial charge in [-0.15, -0.1) is 5.10 Å². The molecule has 0 N–H and O–H groups in total. The molecule has 1 saturated heterocycles. The molecule has 2 unspecified atom stereocenters. The molecule has 1 aromatic carbocycles. The van der Waals surface area contributed by atoms with E-state index >= 15 is 0 Å². The van der Waals surface area contributed by atoms with Crippen LogP contribution in [0.1, 0.15) is 17.3 Å². The summed E-state index contributed by atoms with van der Waals surface area (Å²) in [6.45, 7) is 1.54. The molecule has 0 radical (unpaired) electrons. The Hall–Kier alpha value is -2.57. The number of allylic oxidation sites excluding steroid dienone is 1. The van der Waals surface area contributed by atoms with E-state index in [1.807, 2.05) is 0 Å². The van der Waals surface area contributed by atoms with Gasteiger partial charge in [0.25, 0.3) is 5.91 Å². The maximum atomic E-state index is 13.3. The standard InChI is InChI=1S/C17H17N5O5S2/c1-9-11(12(23)10-7-5-4-6-8-10)22-14(24)13(27-3)15(22)29(25,26)16(9)28-17-18-19-20-21(17)2/h4-8,13,15-16H,1-3H3/t13?,15-,16?/m0/s1. The maximum absolute atomic E-state index is 13.3. The summed E-state index contributed by atoms with van der Waals surface area (Å²) in [7, 11) is -1.07. The number of fused-ring (bicyclic) bond motifs is 1. The molecule has 1 fully saturated rings. The third-order valence-corrected chi connectivity index (χ3v) is 9.20. The van der Waals surface area contributed by atoms with Crippen LogP contribution in [-0.4, -0.2) is 68.4 Å². The Morgan fingerprint density at radius 3 is 2.52 bits per heavy atom. The van der Waals surface area contributed by atoms with Crippen molar-refractivity contribution in [1.82, 2.24) is 25.1 Å². The third-order valence-electron chi connectivity index (χ3n) is 4.90. The van der Waals surface area contributed by atoms with Gasteiger partial charge >= 0.3 is 0 Å². The number of benzene rings is 1. The van der Waals surface area contributed by atoms with E-state index in [4.69, 9.17) is 4.74 Å².